The van der Waals surface area contributed by atoms with Gasteiger partial charge < -0.3 is 10.6 Å². The van der Waals surface area contributed by atoms with Crippen LogP contribution in [0.4, 0.5) is 5.69 Å². The Hall–Kier alpha value is -2.55. The van der Waals surface area contributed by atoms with Crippen molar-refractivity contribution in [2.24, 2.45) is 5.73 Å². The molecule has 1 heterocycles. The fourth-order valence-electron chi connectivity index (χ4n) is 3.21. The van der Waals surface area contributed by atoms with Crippen LogP contribution in [0.25, 0.3) is 6.08 Å². The highest BCUT2D eigenvalue weighted by molar-refractivity contribution is 5.93. The largest absolute Gasteiger partial charge is 0.371 e. The van der Waals surface area contributed by atoms with Gasteiger partial charge in [0.2, 0.25) is 5.91 Å². The number of nitrogens with two attached hydrogens (primary N) is 1. The van der Waals surface area contributed by atoms with Crippen molar-refractivity contribution in [3.8, 4) is 0 Å². The number of piperidine rings is 1. The molecule has 2 N–H and O–H groups in total. The van der Waals surface area contributed by atoms with Crippen LogP contribution in [-0.2, 0) is 0 Å². The molecular weight excluding hydrogens is 284 g/mol. The second-order valence-electron chi connectivity index (χ2n) is 6.04. The first-order valence-electron chi connectivity index (χ1n) is 8.04. The fourth-order valence-corrected chi connectivity index (χ4v) is 3.21. The second kappa shape index (κ2) is 6.69. The number of hydrogen-bond donors (Lipinski definition) is 1. The van der Waals surface area contributed by atoms with E-state index < -0.39 is 0 Å². The number of nitrogens with zero attached hydrogens (tertiary/aromatic N) is 1. The summed E-state index contributed by atoms with van der Waals surface area (Å²) in [6, 6.07) is 16.3. The smallest absolute Gasteiger partial charge is 0.248 e. The standard InChI is InChI=1S/C20H22N2O/c1-2-15-3-5-16(6-4-15)17-11-13-22(14-12-17)19-9-7-18(8-10-19)20(21)23/h2-10,17H,1,11-14H2,(H2,21,23). The lowest BCUT2D eigenvalue weighted by Crippen LogP contribution is -2.32. The van der Waals surface area contributed by atoms with Crippen LogP contribution in [0.2, 0.25) is 0 Å². The zero-order valence-electron chi connectivity index (χ0n) is 13.2. The van der Waals surface area contributed by atoms with Gasteiger partial charge in [0, 0.05) is 24.3 Å². The summed E-state index contributed by atoms with van der Waals surface area (Å²) in [7, 11) is 0. The van der Waals surface area contributed by atoms with E-state index in [0.29, 0.717) is 11.5 Å². The van der Waals surface area contributed by atoms with Gasteiger partial charge in [-0.3, -0.25) is 4.79 Å². The summed E-state index contributed by atoms with van der Waals surface area (Å²) in [6.07, 6.45) is 4.16. The predicted octanol–water partition coefficient (Wildman–Crippen LogP) is 3.81. The minimum atomic E-state index is -0.377. The Kier molecular flexibility index (Phi) is 4.47. The van der Waals surface area contributed by atoms with Crippen molar-refractivity contribution >= 4 is 17.7 Å². The summed E-state index contributed by atoms with van der Waals surface area (Å²) >= 11 is 0. The van der Waals surface area contributed by atoms with Crippen molar-refractivity contribution < 1.29 is 4.79 Å². The fraction of sp³-hybridized carbons (Fsp3) is 0.250. The molecule has 118 valence electrons. The third-order valence-electron chi connectivity index (χ3n) is 4.66. The summed E-state index contributed by atoms with van der Waals surface area (Å²) in [5, 5.41) is 0. The minimum absolute atomic E-state index is 0.377. The molecule has 1 aliphatic heterocycles. The van der Waals surface area contributed by atoms with Crippen molar-refractivity contribution in [1.82, 2.24) is 0 Å². The van der Waals surface area contributed by atoms with Gasteiger partial charge in [-0.2, -0.15) is 0 Å². The van der Waals surface area contributed by atoms with E-state index in [1.165, 1.54) is 11.1 Å². The second-order valence-corrected chi connectivity index (χ2v) is 6.04. The summed E-state index contributed by atoms with van der Waals surface area (Å²) in [5.74, 6) is 0.244. The first-order chi connectivity index (χ1) is 11.2. The molecule has 23 heavy (non-hydrogen) atoms. The van der Waals surface area contributed by atoms with Gasteiger partial charge in [-0.15, -0.1) is 0 Å². The average molecular weight is 306 g/mol. The van der Waals surface area contributed by atoms with Crippen molar-refractivity contribution in [3.63, 3.8) is 0 Å². The highest BCUT2D eigenvalue weighted by Crippen LogP contribution is 2.30. The summed E-state index contributed by atoms with van der Waals surface area (Å²) in [4.78, 5) is 13.5. The van der Waals surface area contributed by atoms with Gasteiger partial charge in [-0.25, -0.2) is 0 Å². The number of amides is 1. The molecular formula is C20H22N2O. The van der Waals surface area contributed by atoms with Gasteiger partial charge in [0.25, 0.3) is 0 Å². The number of anilines is 1. The SMILES string of the molecule is C=Cc1ccc(C2CCN(c3ccc(C(N)=O)cc3)CC2)cc1. The van der Waals surface area contributed by atoms with E-state index in [9.17, 15) is 4.79 Å². The Bertz CT molecular complexity index is 681. The lowest BCUT2D eigenvalue weighted by atomic mass is 9.89. The molecule has 2 aromatic carbocycles. The monoisotopic (exact) mass is 306 g/mol. The van der Waals surface area contributed by atoms with Crippen molar-refractivity contribution in [3.05, 3.63) is 71.8 Å². The first-order valence-corrected chi connectivity index (χ1v) is 8.04. The van der Waals surface area contributed by atoms with Gasteiger partial charge in [-0.05, 0) is 54.2 Å². The van der Waals surface area contributed by atoms with Gasteiger partial charge in [0.15, 0.2) is 0 Å². The highest BCUT2D eigenvalue weighted by atomic mass is 16.1. The van der Waals surface area contributed by atoms with Crippen molar-refractivity contribution in [1.29, 1.82) is 0 Å². The molecule has 0 bridgehead atoms. The van der Waals surface area contributed by atoms with E-state index in [4.69, 9.17) is 5.73 Å². The molecule has 1 amide bonds. The molecule has 0 radical (unpaired) electrons. The Morgan fingerprint density at radius 2 is 1.65 bits per heavy atom. The molecule has 3 heteroatoms. The lowest BCUT2D eigenvalue weighted by Gasteiger charge is -2.34. The molecule has 0 saturated carbocycles. The van der Waals surface area contributed by atoms with Crippen LogP contribution in [0.1, 0.15) is 40.2 Å². The summed E-state index contributed by atoms with van der Waals surface area (Å²) in [5.41, 5.74) is 9.59. The normalized spacial score (nSPS) is 15.4. The van der Waals surface area contributed by atoms with Gasteiger partial charge in [0.1, 0.15) is 0 Å². The third-order valence-corrected chi connectivity index (χ3v) is 4.66. The third kappa shape index (κ3) is 3.45. The summed E-state index contributed by atoms with van der Waals surface area (Å²) in [6.45, 7) is 5.86. The van der Waals surface area contributed by atoms with E-state index in [1.54, 1.807) is 12.1 Å². The van der Waals surface area contributed by atoms with E-state index in [2.05, 4.69) is 35.7 Å². The maximum Gasteiger partial charge on any atom is 0.248 e. The quantitative estimate of drug-likeness (QED) is 0.933. The number of carbonyl (C=O) groups is 1. The van der Waals surface area contributed by atoms with Gasteiger partial charge in [0.05, 0.1) is 0 Å². The van der Waals surface area contributed by atoms with Crippen LogP contribution in [0.3, 0.4) is 0 Å². The number of rotatable bonds is 4. The van der Waals surface area contributed by atoms with E-state index in [-0.39, 0.29) is 5.91 Å². The van der Waals surface area contributed by atoms with Gasteiger partial charge >= 0.3 is 0 Å². The molecule has 0 spiro atoms. The van der Waals surface area contributed by atoms with Crippen LogP contribution in [0.15, 0.2) is 55.1 Å². The lowest BCUT2D eigenvalue weighted by molar-refractivity contribution is 0.100. The van der Waals surface area contributed by atoms with Crippen LogP contribution >= 0.6 is 0 Å². The summed E-state index contributed by atoms with van der Waals surface area (Å²) < 4.78 is 0. The van der Waals surface area contributed by atoms with E-state index in [0.717, 1.165) is 31.6 Å². The Morgan fingerprint density at radius 1 is 1.04 bits per heavy atom. The zero-order valence-corrected chi connectivity index (χ0v) is 13.2. The molecule has 0 aliphatic carbocycles. The predicted molar refractivity (Wildman–Crippen MR) is 95.7 cm³/mol. The number of hydrogen-bond acceptors (Lipinski definition) is 2. The molecule has 0 atom stereocenters. The highest BCUT2D eigenvalue weighted by Gasteiger charge is 2.20. The molecule has 3 rings (SSSR count). The minimum Gasteiger partial charge on any atom is -0.371 e. The number of primary amides is 1. The Balaban J connectivity index is 1.63. The van der Waals surface area contributed by atoms with Crippen LogP contribution in [0, 0.1) is 0 Å². The molecule has 1 saturated heterocycles. The molecule has 0 aromatic heterocycles. The molecule has 0 unspecified atom stereocenters. The zero-order chi connectivity index (χ0) is 16.2. The average Bonchev–Trinajstić information content (AvgIpc) is 2.62. The number of benzene rings is 2. The maximum atomic E-state index is 11.1. The molecule has 3 nitrogen and oxygen atoms in total. The van der Waals surface area contributed by atoms with E-state index in [1.807, 2.05) is 18.2 Å². The Labute approximate surface area is 137 Å². The molecule has 2 aromatic rings. The Morgan fingerprint density at radius 3 is 2.17 bits per heavy atom. The van der Waals surface area contributed by atoms with Crippen molar-refractivity contribution in [2.45, 2.75) is 18.8 Å². The number of carbonyl (C=O) groups excluding carboxylic acids is 1. The first kappa shape index (κ1) is 15.3. The van der Waals surface area contributed by atoms with Gasteiger partial charge in [-0.1, -0.05) is 36.9 Å². The molecule has 1 aliphatic rings. The van der Waals surface area contributed by atoms with Crippen LogP contribution in [0.5, 0.6) is 0 Å². The molecule has 1 fully saturated rings. The topological polar surface area (TPSA) is 46.3 Å². The van der Waals surface area contributed by atoms with Crippen molar-refractivity contribution in [2.75, 3.05) is 18.0 Å². The van der Waals surface area contributed by atoms with Crippen LogP contribution < -0.4 is 10.6 Å². The van der Waals surface area contributed by atoms with E-state index >= 15 is 0 Å². The van der Waals surface area contributed by atoms with Crippen LogP contribution in [-0.4, -0.2) is 19.0 Å². The maximum absolute atomic E-state index is 11.1.